The molecule has 4 nitrogen and oxygen atoms in total. The molecule has 0 radical (unpaired) electrons. The minimum atomic E-state index is -0.717. The highest BCUT2D eigenvalue weighted by molar-refractivity contribution is 6.30. The van der Waals surface area contributed by atoms with Crippen molar-refractivity contribution in [1.82, 2.24) is 0 Å². The fourth-order valence-corrected chi connectivity index (χ4v) is 1.50. The largest absolute Gasteiger partial charge is 0.482 e. The summed E-state index contributed by atoms with van der Waals surface area (Å²) in [4.78, 5) is 11.1. The third-order valence-corrected chi connectivity index (χ3v) is 2.31. The van der Waals surface area contributed by atoms with Crippen molar-refractivity contribution in [3.05, 3.63) is 28.8 Å². The van der Waals surface area contributed by atoms with Crippen LogP contribution < -0.4 is 4.74 Å². The third-order valence-electron chi connectivity index (χ3n) is 2.07. The van der Waals surface area contributed by atoms with Gasteiger partial charge < -0.3 is 14.6 Å². The second-order valence-corrected chi connectivity index (χ2v) is 3.89. The maximum atomic E-state index is 11.1. The lowest BCUT2D eigenvalue weighted by molar-refractivity contribution is -0.145. The molecule has 94 valence electrons. The summed E-state index contributed by atoms with van der Waals surface area (Å²) in [7, 11) is 0. The summed E-state index contributed by atoms with van der Waals surface area (Å²) in [5.74, 6) is -0.0172. The van der Waals surface area contributed by atoms with Crippen LogP contribution in [0.4, 0.5) is 0 Å². The van der Waals surface area contributed by atoms with Crippen LogP contribution in [0, 0.1) is 0 Å². The molecule has 0 saturated carbocycles. The quantitative estimate of drug-likeness (QED) is 0.824. The van der Waals surface area contributed by atoms with E-state index in [9.17, 15) is 9.90 Å². The fraction of sp³-hybridized carbons (Fsp3) is 0.417. The first-order valence-electron chi connectivity index (χ1n) is 5.30. The van der Waals surface area contributed by atoms with Gasteiger partial charge in [0.25, 0.3) is 0 Å². The van der Waals surface area contributed by atoms with E-state index in [0.29, 0.717) is 22.9 Å². The van der Waals surface area contributed by atoms with Gasteiger partial charge in [-0.05, 0) is 32.0 Å². The Labute approximate surface area is 105 Å². The van der Waals surface area contributed by atoms with E-state index in [1.54, 1.807) is 32.0 Å². The monoisotopic (exact) mass is 258 g/mol. The van der Waals surface area contributed by atoms with Crippen LogP contribution in [0.15, 0.2) is 18.2 Å². The summed E-state index contributed by atoms with van der Waals surface area (Å²) >= 11 is 5.82. The summed E-state index contributed by atoms with van der Waals surface area (Å²) in [6, 6.07) is 4.85. The number of hydrogen-bond acceptors (Lipinski definition) is 4. The Morgan fingerprint density at radius 2 is 2.24 bits per heavy atom. The molecule has 0 aromatic heterocycles. The summed E-state index contributed by atoms with van der Waals surface area (Å²) in [5, 5.41) is 10.0. The van der Waals surface area contributed by atoms with Crippen molar-refractivity contribution in [3.8, 4) is 5.75 Å². The molecule has 1 rings (SSSR count). The Morgan fingerprint density at radius 3 is 2.82 bits per heavy atom. The molecular formula is C12H15ClO4. The highest BCUT2D eigenvalue weighted by atomic mass is 35.5. The van der Waals surface area contributed by atoms with Crippen molar-refractivity contribution in [3.63, 3.8) is 0 Å². The summed E-state index contributed by atoms with van der Waals surface area (Å²) in [6.45, 7) is 3.45. The SMILES string of the molecule is CCOC(=O)COc1ccc(Cl)cc1[C@H](C)O. The van der Waals surface area contributed by atoms with Crippen molar-refractivity contribution >= 4 is 17.6 Å². The number of halogens is 1. The maximum Gasteiger partial charge on any atom is 0.344 e. The van der Waals surface area contributed by atoms with Gasteiger partial charge in [0.1, 0.15) is 5.75 Å². The molecule has 5 heteroatoms. The highest BCUT2D eigenvalue weighted by Gasteiger charge is 2.11. The highest BCUT2D eigenvalue weighted by Crippen LogP contribution is 2.28. The fourth-order valence-electron chi connectivity index (χ4n) is 1.32. The molecule has 1 N–H and O–H groups in total. The summed E-state index contributed by atoms with van der Waals surface area (Å²) < 4.78 is 10.0. The number of aliphatic hydroxyl groups is 1. The minimum Gasteiger partial charge on any atom is -0.482 e. The molecule has 1 aromatic carbocycles. The summed E-state index contributed by atoms with van der Waals surface area (Å²) in [6.07, 6.45) is -0.717. The van der Waals surface area contributed by atoms with Crippen LogP contribution in [0.3, 0.4) is 0 Å². The van der Waals surface area contributed by atoms with Crippen molar-refractivity contribution in [2.75, 3.05) is 13.2 Å². The van der Waals surface area contributed by atoms with E-state index in [4.69, 9.17) is 21.1 Å². The average Bonchev–Trinajstić information content (AvgIpc) is 2.27. The molecule has 1 aromatic rings. The van der Waals surface area contributed by atoms with Crippen LogP contribution in [0.2, 0.25) is 5.02 Å². The van der Waals surface area contributed by atoms with Crippen LogP contribution in [0.1, 0.15) is 25.5 Å². The van der Waals surface area contributed by atoms with E-state index < -0.39 is 12.1 Å². The number of carbonyl (C=O) groups is 1. The van der Waals surface area contributed by atoms with Crippen LogP contribution in [-0.2, 0) is 9.53 Å². The third kappa shape index (κ3) is 4.24. The number of hydrogen-bond donors (Lipinski definition) is 1. The minimum absolute atomic E-state index is 0.185. The van der Waals surface area contributed by atoms with Crippen molar-refractivity contribution < 1.29 is 19.4 Å². The van der Waals surface area contributed by atoms with Gasteiger partial charge in [-0.2, -0.15) is 0 Å². The molecule has 0 aliphatic heterocycles. The van der Waals surface area contributed by atoms with Gasteiger partial charge in [0.15, 0.2) is 6.61 Å². The first-order chi connectivity index (χ1) is 8.04. The molecule has 0 bridgehead atoms. The molecule has 17 heavy (non-hydrogen) atoms. The van der Waals surface area contributed by atoms with E-state index in [1.165, 1.54) is 0 Å². The lowest BCUT2D eigenvalue weighted by Crippen LogP contribution is -2.15. The Balaban J connectivity index is 2.73. The second kappa shape index (κ2) is 6.47. The molecule has 0 heterocycles. The van der Waals surface area contributed by atoms with Gasteiger partial charge in [-0.25, -0.2) is 4.79 Å². The Bertz CT molecular complexity index is 390. The Morgan fingerprint density at radius 1 is 1.53 bits per heavy atom. The average molecular weight is 259 g/mol. The second-order valence-electron chi connectivity index (χ2n) is 3.45. The van der Waals surface area contributed by atoms with Gasteiger partial charge in [0, 0.05) is 10.6 Å². The van der Waals surface area contributed by atoms with Crippen LogP contribution in [-0.4, -0.2) is 24.3 Å². The zero-order valence-corrected chi connectivity index (χ0v) is 10.5. The zero-order valence-electron chi connectivity index (χ0n) is 9.77. The van der Waals surface area contributed by atoms with Gasteiger partial charge in [0.05, 0.1) is 12.7 Å². The van der Waals surface area contributed by atoms with E-state index >= 15 is 0 Å². The first kappa shape index (κ1) is 13.8. The van der Waals surface area contributed by atoms with E-state index in [1.807, 2.05) is 0 Å². The van der Waals surface area contributed by atoms with Gasteiger partial charge in [-0.15, -0.1) is 0 Å². The van der Waals surface area contributed by atoms with Gasteiger partial charge in [-0.1, -0.05) is 11.6 Å². The molecule has 0 fully saturated rings. The summed E-state index contributed by atoms with van der Waals surface area (Å²) in [5.41, 5.74) is 0.543. The van der Waals surface area contributed by atoms with Crippen LogP contribution in [0.25, 0.3) is 0 Å². The van der Waals surface area contributed by atoms with Gasteiger partial charge in [0.2, 0.25) is 0 Å². The van der Waals surface area contributed by atoms with Crippen LogP contribution in [0.5, 0.6) is 5.75 Å². The Hall–Kier alpha value is -1.26. The number of rotatable bonds is 5. The number of benzene rings is 1. The molecule has 0 amide bonds. The maximum absolute atomic E-state index is 11.1. The van der Waals surface area contributed by atoms with Gasteiger partial charge in [-0.3, -0.25) is 0 Å². The molecule has 0 aliphatic rings. The molecule has 0 spiro atoms. The van der Waals surface area contributed by atoms with Crippen molar-refractivity contribution in [2.24, 2.45) is 0 Å². The van der Waals surface area contributed by atoms with Gasteiger partial charge >= 0.3 is 5.97 Å². The molecule has 0 aliphatic carbocycles. The molecule has 0 unspecified atom stereocenters. The van der Waals surface area contributed by atoms with E-state index in [-0.39, 0.29) is 6.61 Å². The van der Waals surface area contributed by atoms with E-state index in [0.717, 1.165) is 0 Å². The smallest absolute Gasteiger partial charge is 0.344 e. The number of esters is 1. The lowest BCUT2D eigenvalue weighted by Gasteiger charge is -2.13. The number of carbonyl (C=O) groups excluding carboxylic acids is 1. The predicted molar refractivity (Wildman–Crippen MR) is 64.2 cm³/mol. The number of aliphatic hydroxyl groups excluding tert-OH is 1. The first-order valence-corrected chi connectivity index (χ1v) is 5.68. The Kier molecular flexibility index (Phi) is 5.25. The standard InChI is InChI=1S/C12H15ClO4/c1-3-16-12(15)7-17-11-5-4-9(13)6-10(11)8(2)14/h4-6,8,14H,3,7H2,1-2H3/t8-/m0/s1. The van der Waals surface area contributed by atoms with Crippen molar-refractivity contribution in [2.45, 2.75) is 20.0 Å². The lowest BCUT2D eigenvalue weighted by atomic mass is 10.1. The molecule has 1 atom stereocenters. The van der Waals surface area contributed by atoms with Crippen molar-refractivity contribution in [1.29, 1.82) is 0 Å². The predicted octanol–water partition coefficient (Wildman–Crippen LogP) is 2.34. The van der Waals surface area contributed by atoms with E-state index in [2.05, 4.69) is 0 Å². The zero-order chi connectivity index (χ0) is 12.8. The normalized spacial score (nSPS) is 12.0. The molecular weight excluding hydrogens is 244 g/mol. The molecule has 0 saturated heterocycles. The van der Waals surface area contributed by atoms with Crippen LogP contribution >= 0.6 is 11.6 Å². The topological polar surface area (TPSA) is 55.8 Å². The number of ether oxygens (including phenoxy) is 2.